The molecule has 0 radical (unpaired) electrons. The molecule has 0 spiro atoms. The van der Waals surface area contributed by atoms with Crippen molar-refractivity contribution >= 4 is 0 Å². The SMILES string of the molecule is COC1C(N)CC1Oc1ccccc1. The number of benzene rings is 1. The van der Waals surface area contributed by atoms with E-state index in [1.54, 1.807) is 7.11 Å². The maximum atomic E-state index is 5.77. The van der Waals surface area contributed by atoms with Gasteiger partial charge in [-0.2, -0.15) is 0 Å². The Balaban J connectivity index is 1.93. The molecule has 1 aromatic carbocycles. The molecule has 3 heteroatoms. The Morgan fingerprint density at radius 3 is 2.57 bits per heavy atom. The van der Waals surface area contributed by atoms with E-state index < -0.39 is 0 Å². The van der Waals surface area contributed by atoms with Crippen LogP contribution in [0.4, 0.5) is 0 Å². The molecule has 76 valence electrons. The molecule has 1 aliphatic carbocycles. The van der Waals surface area contributed by atoms with Crippen molar-refractivity contribution in [2.75, 3.05) is 7.11 Å². The van der Waals surface area contributed by atoms with Gasteiger partial charge in [0.25, 0.3) is 0 Å². The summed E-state index contributed by atoms with van der Waals surface area (Å²) in [6.45, 7) is 0. The monoisotopic (exact) mass is 193 g/mol. The third-order valence-electron chi connectivity index (χ3n) is 2.60. The van der Waals surface area contributed by atoms with Gasteiger partial charge in [-0.05, 0) is 12.1 Å². The maximum Gasteiger partial charge on any atom is 0.128 e. The van der Waals surface area contributed by atoms with Crippen molar-refractivity contribution in [3.63, 3.8) is 0 Å². The largest absolute Gasteiger partial charge is 0.488 e. The fraction of sp³-hybridized carbons (Fsp3) is 0.455. The first kappa shape index (κ1) is 9.49. The molecule has 2 rings (SSSR count). The Morgan fingerprint density at radius 1 is 1.29 bits per heavy atom. The van der Waals surface area contributed by atoms with Crippen molar-refractivity contribution in [1.29, 1.82) is 0 Å². The van der Waals surface area contributed by atoms with Crippen molar-refractivity contribution in [3.8, 4) is 5.75 Å². The van der Waals surface area contributed by atoms with Gasteiger partial charge in [-0.3, -0.25) is 0 Å². The van der Waals surface area contributed by atoms with E-state index in [9.17, 15) is 0 Å². The summed E-state index contributed by atoms with van der Waals surface area (Å²) in [7, 11) is 1.67. The van der Waals surface area contributed by atoms with Gasteiger partial charge < -0.3 is 15.2 Å². The molecule has 0 aliphatic heterocycles. The van der Waals surface area contributed by atoms with Crippen molar-refractivity contribution < 1.29 is 9.47 Å². The Labute approximate surface area is 83.8 Å². The average Bonchev–Trinajstić information content (AvgIpc) is 2.19. The van der Waals surface area contributed by atoms with Gasteiger partial charge in [-0.25, -0.2) is 0 Å². The Bertz CT molecular complexity index is 289. The van der Waals surface area contributed by atoms with Gasteiger partial charge in [0.05, 0.1) is 0 Å². The van der Waals surface area contributed by atoms with Crippen LogP contribution < -0.4 is 10.5 Å². The van der Waals surface area contributed by atoms with Gasteiger partial charge in [0, 0.05) is 19.6 Å². The van der Waals surface area contributed by atoms with Gasteiger partial charge >= 0.3 is 0 Å². The van der Waals surface area contributed by atoms with E-state index in [0.717, 1.165) is 12.2 Å². The van der Waals surface area contributed by atoms with Crippen LogP contribution in [0.1, 0.15) is 6.42 Å². The first-order chi connectivity index (χ1) is 6.81. The first-order valence-electron chi connectivity index (χ1n) is 4.81. The number of hydrogen-bond acceptors (Lipinski definition) is 3. The molecule has 3 unspecified atom stereocenters. The van der Waals surface area contributed by atoms with Crippen LogP contribution in [-0.4, -0.2) is 25.4 Å². The van der Waals surface area contributed by atoms with Crippen molar-refractivity contribution in [1.82, 2.24) is 0 Å². The van der Waals surface area contributed by atoms with E-state index in [2.05, 4.69) is 0 Å². The van der Waals surface area contributed by atoms with Crippen LogP contribution in [-0.2, 0) is 4.74 Å². The van der Waals surface area contributed by atoms with E-state index in [4.69, 9.17) is 15.2 Å². The fourth-order valence-corrected chi connectivity index (χ4v) is 1.73. The molecule has 3 atom stereocenters. The molecule has 0 amide bonds. The summed E-state index contributed by atoms with van der Waals surface area (Å²) in [5.41, 5.74) is 5.77. The minimum atomic E-state index is 0.0372. The Hall–Kier alpha value is -1.06. The van der Waals surface area contributed by atoms with Crippen molar-refractivity contribution in [2.45, 2.75) is 24.7 Å². The minimum Gasteiger partial charge on any atom is -0.488 e. The van der Waals surface area contributed by atoms with E-state index in [1.165, 1.54) is 0 Å². The van der Waals surface area contributed by atoms with Crippen LogP contribution in [0.2, 0.25) is 0 Å². The second-order valence-electron chi connectivity index (χ2n) is 3.57. The lowest BCUT2D eigenvalue weighted by molar-refractivity contribution is -0.0782. The highest BCUT2D eigenvalue weighted by Crippen LogP contribution is 2.26. The molecule has 1 aromatic rings. The smallest absolute Gasteiger partial charge is 0.128 e. The van der Waals surface area contributed by atoms with Crippen molar-refractivity contribution in [3.05, 3.63) is 30.3 Å². The molecule has 3 nitrogen and oxygen atoms in total. The van der Waals surface area contributed by atoms with Crippen LogP contribution >= 0.6 is 0 Å². The topological polar surface area (TPSA) is 44.5 Å². The van der Waals surface area contributed by atoms with Crippen LogP contribution in [0.15, 0.2) is 30.3 Å². The molecule has 0 heterocycles. The molecule has 14 heavy (non-hydrogen) atoms. The number of methoxy groups -OCH3 is 1. The zero-order valence-electron chi connectivity index (χ0n) is 8.22. The van der Waals surface area contributed by atoms with Crippen LogP contribution in [0.25, 0.3) is 0 Å². The van der Waals surface area contributed by atoms with Crippen LogP contribution in [0.5, 0.6) is 5.75 Å². The predicted molar refractivity (Wildman–Crippen MR) is 54.2 cm³/mol. The van der Waals surface area contributed by atoms with E-state index in [1.807, 2.05) is 30.3 Å². The highest BCUT2D eigenvalue weighted by Gasteiger charge is 2.40. The second-order valence-corrected chi connectivity index (χ2v) is 3.57. The number of para-hydroxylation sites is 1. The van der Waals surface area contributed by atoms with Crippen LogP contribution in [0.3, 0.4) is 0 Å². The first-order valence-corrected chi connectivity index (χ1v) is 4.81. The van der Waals surface area contributed by atoms with Gasteiger partial charge in [-0.1, -0.05) is 18.2 Å². The molecule has 0 aromatic heterocycles. The molecule has 2 N–H and O–H groups in total. The van der Waals surface area contributed by atoms with Gasteiger partial charge in [0.2, 0.25) is 0 Å². The summed E-state index contributed by atoms with van der Waals surface area (Å²) < 4.78 is 11.0. The third kappa shape index (κ3) is 1.74. The lowest BCUT2D eigenvalue weighted by Gasteiger charge is -2.40. The molecular weight excluding hydrogens is 178 g/mol. The zero-order valence-corrected chi connectivity index (χ0v) is 8.22. The van der Waals surface area contributed by atoms with Crippen LogP contribution in [0, 0.1) is 0 Å². The maximum absolute atomic E-state index is 5.77. The van der Waals surface area contributed by atoms with Gasteiger partial charge in [0.15, 0.2) is 0 Å². The Morgan fingerprint density at radius 2 is 2.00 bits per heavy atom. The zero-order chi connectivity index (χ0) is 9.97. The molecule has 0 saturated heterocycles. The lowest BCUT2D eigenvalue weighted by Crippen LogP contribution is -2.59. The van der Waals surface area contributed by atoms with Gasteiger partial charge in [-0.15, -0.1) is 0 Å². The summed E-state index contributed by atoms with van der Waals surface area (Å²) in [5, 5.41) is 0. The molecule has 1 fully saturated rings. The fourth-order valence-electron chi connectivity index (χ4n) is 1.73. The normalized spacial score (nSPS) is 30.9. The number of rotatable bonds is 3. The van der Waals surface area contributed by atoms with E-state index >= 15 is 0 Å². The minimum absolute atomic E-state index is 0.0372. The quantitative estimate of drug-likeness (QED) is 0.784. The standard InChI is InChI=1S/C11H15NO2/c1-13-11-9(12)7-10(11)14-8-5-3-2-4-6-8/h2-6,9-11H,7,12H2,1H3. The highest BCUT2D eigenvalue weighted by atomic mass is 16.5. The highest BCUT2D eigenvalue weighted by molar-refractivity contribution is 5.22. The lowest BCUT2D eigenvalue weighted by atomic mass is 9.86. The molecular formula is C11H15NO2. The second kappa shape index (κ2) is 3.98. The third-order valence-corrected chi connectivity index (χ3v) is 2.60. The summed E-state index contributed by atoms with van der Waals surface area (Å²) >= 11 is 0. The van der Waals surface area contributed by atoms with Crippen molar-refractivity contribution in [2.24, 2.45) is 5.73 Å². The molecule has 0 bridgehead atoms. The van der Waals surface area contributed by atoms with E-state index in [-0.39, 0.29) is 18.2 Å². The molecule has 1 saturated carbocycles. The average molecular weight is 193 g/mol. The number of hydrogen-bond donors (Lipinski definition) is 1. The number of ether oxygens (including phenoxy) is 2. The van der Waals surface area contributed by atoms with Gasteiger partial charge in [0.1, 0.15) is 18.0 Å². The summed E-state index contributed by atoms with van der Waals surface area (Å²) in [6, 6.07) is 9.87. The Kier molecular flexibility index (Phi) is 2.70. The summed E-state index contributed by atoms with van der Waals surface area (Å²) in [6.07, 6.45) is 1.01. The number of nitrogens with two attached hydrogens (primary N) is 1. The predicted octanol–water partition coefficient (Wildman–Crippen LogP) is 1.18. The summed E-state index contributed by atoms with van der Waals surface area (Å²) in [4.78, 5) is 0. The van der Waals surface area contributed by atoms with E-state index in [0.29, 0.717) is 0 Å². The summed E-state index contributed by atoms with van der Waals surface area (Å²) in [5.74, 6) is 0.881. The molecule has 1 aliphatic rings.